The van der Waals surface area contributed by atoms with Gasteiger partial charge in [-0.15, -0.1) is 0 Å². The molecule has 0 spiro atoms. The van der Waals surface area contributed by atoms with Gasteiger partial charge in [-0.1, -0.05) is 0 Å². The van der Waals surface area contributed by atoms with Crippen molar-refractivity contribution in [2.45, 2.75) is 18.7 Å². The van der Waals surface area contributed by atoms with E-state index in [1.165, 1.54) is 38.4 Å². The highest BCUT2D eigenvalue weighted by Crippen LogP contribution is 2.49. The van der Waals surface area contributed by atoms with Gasteiger partial charge in [-0.3, -0.25) is 9.05 Å². The van der Waals surface area contributed by atoms with Crippen LogP contribution in [0.15, 0.2) is 29.2 Å². The molecular formula is C12H20NO5PS2. The Morgan fingerprint density at radius 3 is 1.95 bits per heavy atom. The van der Waals surface area contributed by atoms with Gasteiger partial charge in [0.1, 0.15) is 5.75 Å². The van der Waals surface area contributed by atoms with Crippen LogP contribution in [0.5, 0.6) is 5.75 Å². The van der Waals surface area contributed by atoms with Crippen molar-refractivity contribution < 1.29 is 22.0 Å². The molecule has 0 fully saturated rings. The lowest BCUT2D eigenvalue weighted by atomic mass is 10.3. The summed E-state index contributed by atoms with van der Waals surface area (Å²) in [6.45, 7) is 1.52. The summed E-state index contributed by atoms with van der Waals surface area (Å²) in [5.74, 6) is 0.415. The highest BCUT2D eigenvalue weighted by molar-refractivity contribution is 8.07. The van der Waals surface area contributed by atoms with Crippen LogP contribution in [0.3, 0.4) is 0 Å². The largest absolute Gasteiger partial charge is 0.424 e. The number of sulfonamides is 1. The second-order valence-electron chi connectivity index (χ2n) is 4.13. The number of hydrogen-bond donors (Lipinski definition) is 0. The topological polar surface area (TPSA) is 65.1 Å². The molecule has 0 aromatic heterocycles. The number of nitrogens with zero attached hydrogens (tertiary/aromatic N) is 1. The summed E-state index contributed by atoms with van der Waals surface area (Å²) in [6, 6.07) is 6.00. The highest BCUT2D eigenvalue weighted by atomic mass is 32.5. The molecule has 0 radical (unpaired) electrons. The van der Waals surface area contributed by atoms with E-state index < -0.39 is 16.7 Å². The second kappa shape index (κ2) is 7.67. The van der Waals surface area contributed by atoms with Gasteiger partial charge in [0.15, 0.2) is 0 Å². The first-order chi connectivity index (χ1) is 9.75. The Bertz CT molecular complexity index is 591. The molecule has 9 heteroatoms. The van der Waals surface area contributed by atoms with Crippen molar-refractivity contribution in [3.8, 4) is 5.75 Å². The first-order valence-electron chi connectivity index (χ1n) is 6.36. The first kappa shape index (κ1) is 18.5. The molecule has 0 amide bonds. The predicted octanol–water partition coefficient (Wildman–Crippen LogP) is 2.61. The fraction of sp³-hybridized carbons (Fsp3) is 0.500. The third-order valence-electron chi connectivity index (χ3n) is 2.39. The molecule has 6 nitrogen and oxygen atoms in total. The van der Waals surface area contributed by atoms with Gasteiger partial charge in [-0.05, 0) is 38.1 Å². The first-order valence-corrected chi connectivity index (χ1v) is 10.4. The lowest BCUT2D eigenvalue weighted by Gasteiger charge is -2.21. The summed E-state index contributed by atoms with van der Waals surface area (Å²) in [5, 5.41) is 0. The third-order valence-corrected chi connectivity index (χ3v) is 6.66. The van der Waals surface area contributed by atoms with E-state index in [-0.39, 0.29) is 4.90 Å². The summed E-state index contributed by atoms with van der Waals surface area (Å²) >= 11 is 5.25. The smallest absolute Gasteiger partial charge is 0.380 e. The van der Waals surface area contributed by atoms with Crippen LogP contribution in [-0.2, 0) is 30.9 Å². The van der Waals surface area contributed by atoms with Crippen LogP contribution in [-0.4, -0.2) is 40.0 Å². The fourth-order valence-corrected chi connectivity index (χ4v) is 4.40. The van der Waals surface area contributed by atoms with Crippen LogP contribution in [0.2, 0.25) is 0 Å². The molecular weight excluding hydrogens is 333 g/mol. The minimum atomic E-state index is -3.46. The van der Waals surface area contributed by atoms with Crippen LogP contribution >= 0.6 is 6.72 Å². The molecule has 0 N–H and O–H groups in total. The standard InChI is InChI=1S/C12H20NO5PS2/c1-5-16-19(20,17-6-2)18-11-7-9-12(10-8-11)21(14,15)13(3)4/h7-10H,5-6H2,1-4H3. The molecule has 1 rings (SSSR count). The van der Waals surface area contributed by atoms with Crippen LogP contribution < -0.4 is 4.52 Å². The monoisotopic (exact) mass is 353 g/mol. The summed E-state index contributed by atoms with van der Waals surface area (Å²) < 4.78 is 41.4. The van der Waals surface area contributed by atoms with E-state index in [4.69, 9.17) is 25.4 Å². The molecule has 0 saturated carbocycles. The summed E-state index contributed by atoms with van der Waals surface area (Å²) in [7, 11) is -0.508. The number of rotatable bonds is 8. The number of benzene rings is 1. The van der Waals surface area contributed by atoms with Crippen molar-refractivity contribution in [1.29, 1.82) is 0 Å². The third kappa shape index (κ3) is 5.02. The Labute approximate surface area is 131 Å². The van der Waals surface area contributed by atoms with Crippen molar-refractivity contribution in [3.63, 3.8) is 0 Å². The van der Waals surface area contributed by atoms with Gasteiger partial charge in [-0.2, -0.15) is 0 Å². The molecule has 0 unspecified atom stereocenters. The van der Waals surface area contributed by atoms with Crippen molar-refractivity contribution in [2.24, 2.45) is 0 Å². The van der Waals surface area contributed by atoms with Gasteiger partial charge in [-0.25, -0.2) is 12.7 Å². The lowest BCUT2D eigenvalue weighted by Crippen LogP contribution is -2.22. The Balaban J connectivity index is 2.95. The molecule has 0 saturated heterocycles. The molecule has 120 valence electrons. The molecule has 0 aliphatic heterocycles. The average molecular weight is 353 g/mol. The molecule has 21 heavy (non-hydrogen) atoms. The molecule has 1 aromatic carbocycles. The Kier molecular flexibility index (Phi) is 6.77. The van der Waals surface area contributed by atoms with Crippen molar-refractivity contribution in [3.05, 3.63) is 24.3 Å². The highest BCUT2D eigenvalue weighted by Gasteiger charge is 2.22. The molecule has 0 atom stereocenters. The van der Waals surface area contributed by atoms with E-state index in [0.29, 0.717) is 19.0 Å². The molecule has 0 aliphatic rings. The van der Waals surface area contributed by atoms with Crippen LogP contribution in [0.1, 0.15) is 13.8 Å². The van der Waals surface area contributed by atoms with Gasteiger partial charge in [0, 0.05) is 25.9 Å². The van der Waals surface area contributed by atoms with Gasteiger partial charge >= 0.3 is 6.72 Å². The maximum Gasteiger partial charge on any atom is 0.380 e. The summed E-state index contributed by atoms with van der Waals surface area (Å²) in [6.07, 6.45) is 0. The van der Waals surface area contributed by atoms with Crippen LogP contribution in [0.25, 0.3) is 0 Å². The van der Waals surface area contributed by atoms with E-state index in [1.54, 1.807) is 13.8 Å². The van der Waals surface area contributed by atoms with E-state index in [2.05, 4.69) is 0 Å². The van der Waals surface area contributed by atoms with Gasteiger partial charge < -0.3 is 4.52 Å². The normalized spacial score (nSPS) is 12.6. The second-order valence-corrected chi connectivity index (χ2v) is 9.22. The van der Waals surface area contributed by atoms with E-state index >= 15 is 0 Å². The Hall–Kier alpha value is -0.500. The van der Waals surface area contributed by atoms with Gasteiger partial charge in [0.2, 0.25) is 10.0 Å². The van der Waals surface area contributed by atoms with E-state index in [0.717, 1.165) is 4.31 Å². The maximum absolute atomic E-state index is 12.0. The van der Waals surface area contributed by atoms with Gasteiger partial charge in [0.25, 0.3) is 0 Å². The summed E-state index contributed by atoms with van der Waals surface area (Å²) in [4.78, 5) is 0.181. The van der Waals surface area contributed by atoms with Crippen LogP contribution in [0, 0.1) is 0 Å². The molecule has 0 heterocycles. The SMILES string of the molecule is CCOP(=S)(OCC)Oc1ccc(S(=O)(=O)N(C)C)cc1. The zero-order valence-corrected chi connectivity index (χ0v) is 15.0. The predicted molar refractivity (Wildman–Crippen MR) is 85.5 cm³/mol. The van der Waals surface area contributed by atoms with Crippen molar-refractivity contribution in [1.82, 2.24) is 4.31 Å². The quantitative estimate of drug-likeness (QED) is 0.670. The Morgan fingerprint density at radius 2 is 1.57 bits per heavy atom. The Morgan fingerprint density at radius 1 is 1.10 bits per heavy atom. The lowest BCUT2D eigenvalue weighted by molar-refractivity contribution is 0.218. The molecule has 1 aromatic rings. The molecule has 0 aliphatic carbocycles. The van der Waals surface area contributed by atoms with Crippen molar-refractivity contribution >= 4 is 28.5 Å². The van der Waals surface area contributed by atoms with Crippen LogP contribution in [0.4, 0.5) is 0 Å². The van der Waals surface area contributed by atoms with E-state index in [9.17, 15) is 8.42 Å². The maximum atomic E-state index is 12.0. The minimum Gasteiger partial charge on any atom is -0.424 e. The fourth-order valence-electron chi connectivity index (χ4n) is 1.42. The zero-order valence-electron chi connectivity index (χ0n) is 12.5. The zero-order chi connectivity index (χ0) is 16.1. The van der Waals surface area contributed by atoms with E-state index in [1.807, 2.05) is 0 Å². The minimum absolute atomic E-state index is 0.181. The van der Waals surface area contributed by atoms with Gasteiger partial charge in [0.05, 0.1) is 18.1 Å². The number of hydrogen-bond acceptors (Lipinski definition) is 6. The average Bonchev–Trinajstić information content (AvgIpc) is 2.39. The molecule has 0 bridgehead atoms. The van der Waals surface area contributed by atoms with Crippen molar-refractivity contribution in [2.75, 3.05) is 27.3 Å². The summed E-state index contributed by atoms with van der Waals surface area (Å²) in [5.41, 5.74) is 0.